The molecule has 0 aliphatic carbocycles. The van der Waals surface area contributed by atoms with Gasteiger partial charge in [0.25, 0.3) is 0 Å². The van der Waals surface area contributed by atoms with E-state index in [0.29, 0.717) is 34.9 Å². The lowest BCUT2D eigenvalue weighted by Gasteiger charge is -2.22. The van der Waals surface area contributed by atoms with Gasteiger partial charge in [-0.2, -0.15) is 15.8 Å². The summed E-state index contributed by atoms with van der Waals surface area (Å²) in [6, 6.07) is 6.43. The fourth-order valence-electron chi connectivity index (χ4n) is 4.28. The fraction of sp³-hybridized carbons (Fsp3) is 0.567. The molecule has 1 aromatic rings. The van der Waals surface area contributed by atoms with Crippen molar-refractivity contribution in [3.8, 4) is 29.7 Å². The van der Waals surface area contributed by atoms with Gasteiger partial charge in [-0.3, -0.25) is 0 Å². The maximum Gasteiger partial charge on any atom is 0.150 e. The molecule has 0 N–H and O–H groups in total. The Bertz CT molecular complexity index is 1160. The van der Waals surface area contributed by atoms with Crippen molar-refractivity contribution in [3.05, 3.63) is 19.6 Å². The van der Waals surface area contributed by atoms with E-state index in [2.05, 4.69) is 45.9 Å². The number of rotatable bonds is 14. The number of hydrogen-bond acceptors (Lipinski definition) is 9. The van der Waals surface area contributed by atoms with Gasteiger partial charge in [0.15, 0.2) is 0 Å². The van der Waals surface area contributed by atoms with Crippen LogP contribution in [0.3, 0.4) is 0 Å². The van der Waals surface area contributed by atoms with Crippen LogP contribution in [-0.2, 0) is 0 Å². The van der Waals surface area contributed by atoms with Crippen molar-refractivity contribution in [3.63, 3.8) is 0 Å². The first kappa shape index (κ1) is 31.7. The van der Waals surface area contributed by atoms with Gasteiger partial charge in [-0.25, -0.2) is 0 Å². The standard InChI is InChI=1S/C30H37N3O2S4/c1-6-10-12-20(8-3)17-34-23-25-26(37-29(36-25)19(5)14-31)24(35-18-21(9-4)13-11-7-2)28-27(23)38-30(39-28)22(15-32)16-33/h20-21H,6-13,17-18H2,1-5H3. The quantitative estimate of drug-likeness (QED) is 0.194. The van der Waals surface area contributed by atoms with Crippen LogP contribution < -0.4 is 9.47 Å². The highest BCUT2D eigenvalue weighted by atomic mass is 32.2. The number of thioether (sulfide) groups is 4. The van der Waals surface area contributed by atoms with Crippen molar-refractivity contribution in [1.82, 2.24) is 0 Å². The highest BCUT2D eigenvalue weighted by molar-refractivity contribution is 8.25. The number of ether oxygens (including phenoxy) is 2. The molecule has 0 spiro atoms. The zero-order valence-corrected chi connectivity index (χ0v) is 26.8. The molecule has 2 aliphatic heterocycles. The molecule has 0 saturated heterocycles. The minimum atomic E-state index is 0.114. The second-order valence-electron chi connectivity index (χ2n) is 9.75. The average Bonchev–Trinajstić information content (AvgIpc) is 3.59. The number of nitrogens with zero attached hydrogens (tertiary/aromatic N) is 3. The zero-order valence-electron chi connectivity index (χ0n) is 23.5. The predicted octanol–water partition coefficient (Wildman–Crippen LogP) is 10.3. The maximum absolute atomic E-state index is 9.64. The summed E-state index contributed by atoms with van der Waals surface area (Å²) in [7, 11) is 0. The second kappa shape index (κ2) is 15.8. The van der Waals surface area contributed by atoms with Crippen LogP contribution in [0.1, 0.15) is 86.0 Å². The number of hydrogen-bond donors (Lipinski definition) is 0. The van der Waals surface area contributed by atoms with Crippen LogP contribution in [0.4, 0.5) is 0 Å². The third-order valence-corrected chi connectivity index (χ3v) is 12.3. The Morgan fingerprint density at radius 3 is 1.41 bits per heavy atom. The number of fused-ring (bicyclic) bond motifs is 2. The summed E-state index contributed by atoms with van der Waals surface area (Å²) in [4.78, 5) is 3.80. The highest BCUT2D eigenvalue weighted by Gasteiger charge is 2.38. The third-order valence-electron chi connectivity index (χ3n) is 6.93. The summed E-state index contributed by atoms with van der Waals surface area (Å²) in [5.41, 5.74) is 0.794. The van der Waals surface area contributed by atoms with E-state index in [1.54, 1.807) is 23.5 Å². The number of benzene rings is 1. The molecule has 2 aliphatic rings. The van der Waals surface area contributed by atoms with E-state index >= 15 is 0 Å². The summed E-state index contributed by atoms with van der Waals surface area (Å²) in [6.07, 6.45) is 8.99. The highest BCUT2D eigenvalue weighted by Crippen LogP contribution is 2.68. The molecule has 0 amide bonds. The summed E-state index contributed by atoms with van der Waals surface area (Å²) < 4.78 is 14.9. The van der Waals surface area contributed by atoms with Crippen molar-refractivity contribution in [2.75, 3.05) is 13.2 Å². The molecule has 0 radical (unpaired) electrons. The molecular weight excluding hydrogens is 563 g/mol. The monoisotopic (exact) mass is 599 g/mol. The molecule has 0 saturated carbocycles. The zero-order chi connectivity index (χ0) is 28.4. The Morgan fingerprint density at radius 2 is 1.08 bits per heavy atom. The van der Waals surface area contributed by atoms with Gasteiger partial charge < -0.3 is 9.47 Å². The first-order chi connectivity index (χ1) is 19.0. The van der Waals surface area contributed by atoms with Gasteiger partial charge in [-0.15, -0.1) is 0 Å². The second-order valence-corrected chi connectivity index (χ2v) is 14.3. The molecule has 39 heavy (non-hydrogen) atoms. The lowest BCUT2D eigenvalue weighted by molar-refractivity contribution is 0.210. The van der Waals surface area contributed by atoms with Crippen molar-refractivity contribution < 1.29 is 9.47 Å². The van der Waals surface area contributed by atoms with Gasteiger partial charge in [0.1, 0.15) is 29.2 Å². The average molecular weight is 600 g/mol. The van der Waals surface area contributed by atoms with Crippen LogP contribution in [0, 0.1) is 45.8 Å². The van der Waals surface area contributed by atoms with Crippen molar-refractivity contribution in [2.24, 2.45) is 11.8 Å². The Morgan fingerprint density at radius 1 is 0.667 bits per heavy atom. The van der Waals surface area contributed by atoms with Crippen LogP contribution in [0.5, 0.6) is 11.5 Å². The SMILES string of the molecule is CCCCC(CC)COc1c2c(c(OCC(CC)CCCC)c3c1SC(=C(C#N)C#N)S3)SC(=C(C)C#N)S2. The van der Waals surface area contributed by atoms with Crippen molar-refractivity contribution in [1.29, 1.82) is 15.8 Å². The molecule has 0 fully saturated rings. The summed E-state index contributed by atoms with van der Waals surface area (Å²) in [5.74, 6) is 2.49. The van der Waals surface area contributed by atoms with Gasteiger partial charge >= 0.3 is 0 Å². The predicted molar refractivity (Wildman–Crippen MR) is 164 cm³/mol. The minimum absolute atomic E-state index is 0.114. The Balaban J connectivity index is 2.12. The Kier molecular flexibility index (Phi) is 12.9. The van der Waals surface area contributed by atoms with Gasteiger partial charge in [0.2, 0.25) is 0 Å². The van der Waals surface area contributed by atoms with Crippen LogP contribution >= 0.6 is 47.0 Å². The molecule has 208 valence electrons. The maximum atomic E-state index is 9.64. The van der Waals surface area contributed by atoms with E-state index in [-0.39, 0.29) is 5.57 Å². The minimum Gasteiger partial charge on any atom is -0.491 e. The van der Waals surface area contributed by atoms with Crippen molar-refractivity contribution in [2.45, 2.75) is 106 Å². The molecule has 2 atom stereocenters. The lowest BCUT2D eigenvalue weighted by atomic mass is 10.0. The molecule has 2 unspecified atom stereocenters. The van der Waals surface area contributed by atoms with Crippen LogP contribution in [0.15, 0.2) is 39.2 Å². The smallest absolute Gasteiger partial charge is 0.150 e. The molecule has 0 bridgehead atoms. The third kappa shape index (κ3) is 7.68. The molecular formula is C30H37N3O2S4. The van der Waals surface area contributed by atoms with Crippen LogP contribution in [-0.4, -0.2) is 13.2 Å². The summed E-state index contributed by atoms with van der Waals surface area (Å²) in [6.45, 7) is 11.9. The Hall–Kier alpha value is -1.83. The first-order valence-electron chi connectivity index (χ1n) is 13.8. The van der Waals surface area contributed by atoms with Gasteiger partial charge in [0.05, 0.1) is 47.3 Å². The molecule has 1 aromatic carbocycles. The molecule has 3 rings (SSSR count). The van der Waals surface area contributed by atoms with E-state index in [4.69, 9.17) is 9.47 Å². The molecule has 9 heteroatoms. The van der Waals surface area contributed by atoms with E-state index < -0.39 is 0 Å². The van der Waals surface area contributed by atoms with E-state index in [0.717, 1.165) is 73.8 Å². The van der Waals surface area contributed by atoms with E-state index in [9.17, 15) is 15.8 Å². The topological polar surface area (TPSA) is 89.8 Å². The molecule has 5 nitrogen and oxygen atoms in total. The van der Waals surface area contributed by atoms with E-state index in [1.165, 1.54) is 36.4 Å². The molecule has 2 heterocycles. The summed E-state index contributed by atoms with van der Waals surface area (Å²) in [5, 5.41) is 28.9. The largest absolute Gasteiger partial charge is 0.491 e. The number of allylic oxidation sites excluding steroid dienone is 2. The molecule has 0 aromatic heterocycles. The van der Waals surface area contributed by atoms with Gasteiger partial charge in [0, 0.05) is 5.57 Å². The lowest BCUT2D eigenvalue weighted by Crippen LogP contribution is -2.14. The van der Waals surface area contributed by atoms with E-state index in [1.807, 2.05) is 6.92 Å². The first-order valence-corrected chi connectivity index (χ1v) is 17.1. The number of unbranched alkanes of at least 4 members (excludes halogenated alkanes) is 2. The normalized spacial score (nSPS) is 15.0. The Labute approximate surface area is 251 Å². The number of nitriles is 3. The fourth-order valence-corrected chi connectivity index (χ4v) is 9.52. The van der Waals surface area contributed by atoms with Crippen LogP contribution in [0.2, 0.25) is 0 Å². The van der Waals surface area contributed by atoms with Gasteiger partial charge in [-0.1, -0.05) is 113 Å². The van der Waals surface area contributed by atoms with Crippen molar-refractivity contribution >= 4 is 47.0 Å². The van der Waals surface area contributed by atoms with Gasteiger partial charge in [-0.05, 0) is 31.6 Å². The summed E-state index contributed by atoms with van der Waals surface area (Å²) >= 11 is 6.02. The van der Waals surface area contributed by atoms with Crippen LogP contribution in [0.25, 0.3) is 0 Å².